The summed E-state index contributed by atoms with van der Waals surface area (Å²) in [5.41, 5.74) is 10.1. The number of benzene rings is 3. The maximum absolute atomic E-state index is 9.00. The largest absolute Gasteiger partial charge is 0.496 e. The molecule has 0 radical (unpaired) electrons. The molecule has 1 aliphatic heterocycles. The molecule has 4 N–H and O–H groups in total. The average Bonchev–Trinajstić information content (AvgIpc) is 2.94. The molecule has 1 heterocycles. The molecule has 1 saturated heterocycles. The highest BCUT2D eigenvalue weighted by molar-refractivity contribution is 5.63. The number of ether oxygens (including phenoxy) is 3. The van der Waals surface area contributed by atoms with Gasteiger partial charge in [0.05, 0.1) is 32.5 Å². The summed E-state index contributed by atoms with van der Waals surface area (Å²) in [6.07, 6.45) is 1.14. The Morgan fingerprint density at radius 2 is 1.29 bits per heavy atom. The molecule has 41 heavy (non-hydrogen) atoms. The molecule has 4 rings (SSSR count). The van der Waals surface area contributed by atoms with Gasteiger partial charge >= 0.3 is 0 Å². The van der Waals surface area contributed by atoms with Crippen LogP contribution in [0.2, 0.25) is 0 Å². The van der Waals surface area contributed by atoms with Crippen LogP contribution in [0.4, 0.5) is 0 Å². The summed E-state index contributed by atoms with van der Waals surface area (Å²) >= 11 is 0. The molecule has 1 unspecified atom stereocenters. The third-order valence-electron chi connectivity index (χ3n) is 6.47. The van der Waals surface area contributed by atoms with E-state index in [1.807, 2.05) is 36.4 Å². The van der Waals surface area contributed by atoms with Crippen molar-refractivity contribution >= 4 is 11.9 Å². The number of aliphatic carboxylic acids is 2. The normalized spacial score (nSPS) is 14.9. The number of hydrogen-bond donors (Lipinski definition) is 3. The van der Waals surface area contributed by atoms with E-state index in [2.05, 4.69) is 47.4 Å². The molecule has 3 aromatic carbocycles. The maximum atomic E-state index is 9.00. The lowest BCUT2D eigenvalue weighted by Gasteiger charge is -2.43. The minimum absolute atomic E-state index is 0.134. The predicted octanol–water partition coefficient (Wildman–Crippen LogP) is 4.27. The molecule has 9 nitrogen and oxygen atoms in total. The number of rotatable bonds is 9. The van der Waals surface area contributed by atoms with Gasteiger partial charge in [0.1, 0.15) is 11.5 Å². The molecule has 0 spiro atoms. The van der Waals surface area contributed by atoms with Crippen molar-refractivity contribution in [1.82, 2.24) is 4.90 Å². The van der Waals surface area contributed by atoms with E-state index < -0.39 is 17.5 Å². The van der Waals surface area contributed by atoms with Crippen LogP contribution in [0, 0.1) is 0 Å². The monoisotopic (exact) mass is 566 g/mol. The van der Waals surface area contributed by atoms with Crippen LogP contribution in [-0.4, -0.2) is 72.6 Å². The first-order valence-corrected chi connectivity index (χ1v) is 13.4. The SMILES string of the molecule is CC(=O)O.CC(=O)O.COc1ccccc1CC(N)(Cc1ccccc1OC)C1CN(Cc2ccccc2)CCO1. The van der Waals surface area contributed by atoms with Crippen LogP contribution in [0.3, 0.4) is 0 Å². The molecular formula is C32H42N2O7. The zero-order valence-electron chi connectivity index (χ0n) is 24.3. The molecule has 0 aromatic heterocycles. The fourth-order valence-corrected chi connectivity index (χ4v) is 4.73. The van der Waals surface area contributed by atoms with Crippen molar-refractivity contribution in [3.63, 3.8) is 0 Å². The second kappa shape index (κ2) is 17.0. The Kier molecular flexibility index (Phi) is 13.8. The van der Waals surface area contributed by atoms with Gasteiger partial charge in [-0.15, -0.1) is 0 Å². The standard InChI is InChI=1S/C28H34N2O3.2C2H4O2/c1-31-25-14-8-6-12-23(25)18-28(29,19-24-13-7-9-15-26(24)32-2)27-21-30(16-17-33-27)20-22-10-4-3-5-11-22;2*1-2(3)4/h3-15,27H,16-21,29H2,1-2H3;2*1H3,(H,3,4). The van der Waals surface area contributed by atoms with E-state index in [0.717, 1.165) is 56.1 Å². The van der Waals surface area contributed by atoms with Gasteiger partial charge in [-0.1, -0.05) is 66.7 Å². The average molecular weight is 567 g/mol. The Balaban J connectivity index is 0.000000653. The number of morpholine rings is 1. The van der Waals surface area contributed by atoms with Crippen LogP contribution in [0.5, 0.6) is 11.5 Å². The molecule has 3 aromatic rings. The van der Waals surface area contributed by atoms with E-state index in [0.29, 0.717) is 19.4 Å². The van der Waals surface area contributed by atoms with Crippen molar-refractivity contribution in [2.45, 2.75) is 44.9 Å². The van der Waals surface area contributed by atoms with Crippen LogP contribution in [-0.2, 0) is 33.7 Å². The van der Waals surface area contributed by atoms with Gasteiger partial charge in [-0.25, -0.2) is 0 Å². The molecule has 0 amide bonds. The third-order valence-corrected chi connectivity index (χ3v) is 6.47. The molecule has 222 valence electrons. The minimum Gasteiger partial charge on any atom is -0.496 e. The number of nitrogens with zero attached hydrogens (tertiary/aromatic N) is 1. The summed E-state index contributed by atoms with van der Waals surface area (Å²) in [4.78, 5) is 20.4. The summed E-state index contributed by atoms with van der Waals surface area (Å²) in [7, 11) is 3.41. The highest BCUT2D eigenvalue weighted by atomic mass is 16.5. The summed E-state index contributed by atoms with van der Waals surface area (Å²) in [6.45, 7) is 5.38. The summed E-state index contributed by atoms with van der Waals surface area (Å²) in [6, 6.07) is 26.8. The van der Waals surface area contributed by atoms with Gasteiger partial charge in [0.2, 0.25) is 0 Å². The van der Waals surface area contributed by atoms with Crippen molar-refractivity contribution < 1.29 is 34.0 Å². The molecule has 0 aliphatic carbocycles. The van der Waals surface area contributed by atoms with Crippen LogP contribution in [0.15, 0.2) is 78.9 Å². The summed E-state index contributed by atoms with van der Waals surface area (Å²) in [5.74, 6) is 0.0357. The number of carboxylic acid groups (broad SMARTS) is 2. The van der Waals surface area contributed by atoms with Crippen molar-refractivity contribution in [1.29, 1.82) is 0 Å². The van der Waals surface area contributed by atoms with Gasteiger partial charge in [0, 0.05) is 33.5 Å². The van der Waals surface area contributed by atoms with E-state index in [-0.39, 0.29) is 6.10 Å². The van der Waals surface area contributed by atoms with Crippen molar-refractivity contribution in [3.05, 3.63) is 95.6 Å². The van der Waals surface area contributed by atoms with E-state index in [1.54, 1.807) is 14.2 Å². The molecular weight excluding hydrogens is 524 g/mol. The lowest BCUT2D eigenvalue weighted by molar-refractivity contribution is -0.135. The van der Waals surface area contributed by atoms with Gasteiger partial charge in [-0.3, -0.25) is 14.5 Å². The highest BCUT2D eigenvalue weighted by Gasteiger charge is 2.40. The molecule has 0 saturated carbocycles. The Morgan fingerprint density at radius 1 is 0.854 bits per heavy atom. The van der Waals surface area contributed by atoms with E-state index in [9.17, 15) is 0 Å². The zero-order chi connectivity index (χ0) is 30.3. The Bertz CT molecular complexity index is 1150. The quantitative estimate of drug-likeness (QED) is 0.347. The van der Waals surface area contributed by atoms with Crippen molar-refractivity contribution in [2.75, 3.05) is 33.9 Å². The Morgan fingerprint density at radius 3 is 1.76 bits per heavy atom. The number of carbonyl (C=O) groups is 2. The lowest BCUT2D eigenvalue weighted by atomic mass is 9.79. The van der Waals surface area contributed by atoms with E-state index >= 15 is 0 Å². The topological polar surface area (TPSA) is 132 Å². The van der Waals surface area contributed by atoms with Crippen LogP contribution in [0.25, 0.3) is 0 Å². The number of carboxylic acids is 2. The molecule has 1 atom stereocenters. The van der Waals surface area contributed by atoms with Crippen molar-refractivity contribution in [3.8, 4) is 11.5 Å². The minimum atomic E-state index is -0.833. The van der Waals surface area contributed by atoms with E-state index in [4.69, 9.17) is 39.7 Å². The van der Waals surface area contributed by atoms with E-state index in [1.165, 1.54) is 5.56 Å². The highest BCUT2D eigenvalue weighted by Crippen LogP contribution is 2.32. The van der Waals surface area contributed by atoms with Crippen LogP contribution >= 0.6 is 0 Å². The predicted molar refractivity (Wildman–Crippen MR) is 158 cm³/mol. The fourth-order valence-electron chi connectivity index (χ4n) is 4.73. The first-order chi connectivity index (χ1) is 19.6. The van der Waals surface area contributed by atoms with Crippen LogP contribution < -0.4 is 15.2 Å². The lowest BCUT2D eigenvalue weighted by Crippen LogP contribution is -2.61. The van der Waals surface area contributed by atoms with Gasteiger partial charge < -0.3 is 30.2 Å². The molecule has 1 fully saturated rings. The van der Waals surface area contributed by atoms with Crippen LogP contribution in [0.1, 0.15) is 30.5 Å². The Hall–Kier alpha value is -3.92. The zero-order valence-corrected chi connectivity index (χ0v) is 24.3. The number of para-hydroxylation sites is 2. The first kappa shape index (κ1) is 33.3. The maximum Gasteiger partial charge on any atom is 0.300 e. The first-order valence-electron chi connectivity index (χ1n) is 13.4. The van der Waals surface area contributed by atoms with Gasteiger partial charge in [-0.2, -0.15) is 0 Å². The van der Waals surface area contributed by atoms with Gasteiger partial charge in [-0.05, 0) is 41.7 Å². The summed E-state index contributed by atoms with van der Waals surface area (Å²) in [5, 5.41) is 14.8. The van der Waals surface area contributed by atoms with Gasteiger partial charge in [0.25, 0.3) is 11.9 Å². The number of nitrogens with two attached hydrogens (primary N) is 1. The second-order valence-electron chi connectivity index (χ2n) is 9.83. The summed E-state index contributed by atoms with van der Waals surface area (Å²) < 4.78 is 17.6. The smallest absolute Gasteiger partial charge is 0.300 e. The van der Waals surface area contributed by atoms with Gasteiger partial charge in [0.15, 0.2) is 0 Å². The molecule has 0 bridgehead atoms. The fraction of sp³-hybridized carbons (Fsp3) is 0.375. The Labute approximate surface area is 242 Å². The molecule has 1 aliphatic rings. The van der Waals surface area contributed by atoms with Crippen molar-refractivity contribution in [2.24, 2.45) is 5.73 Å². The second-order valence-corrected chi connectivity index (χ2v) is 9.83. The molecule has 9 heteroatoms. The third kappa shape index (κ3) is 11.6. The number of hydrogen-bond acceptors (Lipinski definition) is 7. The number of methoxy groups -OCH3 is 2.